The minimum atomic E-state index is -0.276. The van der Waals surface area contributed by atoms with Gasteiger partial charge >= 0.3 is 0 Å². The lowest BCUT2D eigenvalue weighted by atomic mass is 10.1. The summed E-state index contributed by atoms with van der Waals surface area (Å²) < 4.78 is 6.11. The van der Waals surface area contributed by atoms with Crippen LogP contribution in [0.1, 0.15) is 11.1 Å². The van der Waals surface area contributed by atoms with E-state index in [-0.39, 0.29) is 11.1 Å². The molecule has 1 fully saturated rings. The van der Waals surface area contributed by atoms with Gasteiger partial charge in [0.2, 0.25) is 0 Å². The summed E-state index contributed by atoms with van der Waals surface area (Å²) in [6.07, 6.45) is 1.69. The molecule has 6 heteroatoms. The van der Waals surface area contributed by atoms with Gasteiger partial charge in [0.05, 0.1) is 12.0 Å². The number of carbonyl (C=O) groups excluding carboxylic acids is 2. The Bertz CT molecular complexity index is 598. The van der Waals surface area contributed by atoms with Crippen molar-refractivity contribution in [3.63, 3.8) is 0 Å². The lowest BCUT2D eigenvalue weighted by Gasteiger charge is -2.08. The van der Waals surface area contributed by atoms with Crippen LogP contribution in [0.4, 0.5) is 4.79 Å². The van der Waals surface area contributed by atoms with Gasteiger partial charge in [-0.25, -0.2) is 0 Å². The van der Waals surface area contributed by atoms with E-state index < -0.39 is 0 Å². The maximum atomic E-state index is 11.8. The number of amides is 2. The van der Waals surface area contributed by atoms with Crippen LogP contribution in [-0.2, 0) is 4.79 Å². The summed E-state index contributed by atoms with van der Waals surface area (Å²) >= 11 is 4.39. The largest absolute Gasteiger partial charge is 0.496 e. The van der Waals surface area contributed by atoms with Crippen LogP contribution in [-0.4, -0.2) is 30.2 Å². The molecule has 1 aromatic rings. The molecule has 0 spiro atoms. The molecule has 0 saturated carbocycles. The van der Waals surface area contributed by atoms with Crippen LogP contribution in [0.3, 0.4) is 0 Å². The summed E-state index contributed by atoms with van der Waals surface area (Å²) in [4.78, 5) is 24.8. The molecule has 0 bridgehead atoms. The molecular formula is C13H12BrNO3S. The Balaban J connectivity index is 2.44. The molecule has 1 saturated heterocycles. The second-order valence-corrected chi connectivity index (χ2v) is 5.93. The highest BCUT2D eigenvalue weighted by Gasteiger charge is 2.31. The Hall–Kier alpha value is -1.27. The summed E-state index contributed by atoms with van der Waals surface area (Å²) in [6.45, 7) is 1.94. The zero-order valence-electron chi connectivity index (χ0n) is 10.7. The third-order valence-corrected chi connectivity index (χ3v) is 4.43. The SMILES string of the molecule is COc1cc(/C=C2\SC(=O)N(C)C2=O)c(Br)cc1C. The van der Waals surface area contributed by atoms with Crippen molar-refractivity contribution in [3.05, 3.63) is 32.6 Å². The van der Waals surface area contributed by atoms with Crippen molar-refractivity contribution in [2.75, 3.05) is 14.2 Å². The summed E-state index contributed by atoms with van der Waals surface area (Å²) in [5.74, 6) is 0.464. The van der Waals surface area contributed by atoms with Gasteiger partial charge in [-0.2, -0.15) is 0 Å². The summed E-state index contributed by atoms with van der Waals surface area (Å²) in [6, 6.07) is 3.75. The third kappa shape index (κ3) is 2.69. The van der Waals surface area contributed by atoms with Gasteiger partial charge in [-0.05, 0) is 48.0 Å². The first kappa shape index (κ1) is 14.1. The summed E-state index contributed by atoms with van der Waals surface area (Å²) in [5.41, 5.74) is 1.80. The molecule has 1 aliphatic rings. The number of nitrogens with zero attached hydrogens (tertiary/aromatic N) is 1. The predicted octanol–water partition coefficient (Wildman–Crippen LogP) is 3.43. The molecule has 1 aliphatic heterocycles. The first-order chi connectivity index (χ1) is 8.93. The van der Waals surface area contributed by atoms with Gasteiger partial charge in [0.1, 0.15) is 5.75 Å². The lowest BCUT2D eigenvalue weighted by Crippen LogP contribution is -2.22. The minimum absolute atomic E-state index is 0.258. The standard InChI is InChI=1S/C13H12BrNO3S/c1-7-4-9(14)8(5-10(7)18-3)6-11-12(16)15(2)13(17)19-11/h4-6H,1-3H3/b11-6-. The molecule has 2 amide bonds. The Labute approximate surface area is 123 Å². The number of hydrogen-bond donors (Lipinski definition) is 0. The molecule has 0 unspecified atom stereocenters. The maximum absolute atomic E-state index is 11.8. The number of benzene rings is 1. The van der Waals surface area contributed by atoms with E-state index in [9.17, 15) is 9.59 Å². The number of likely N-dealkylation sites (N-methyl/N-ethyl adjacent to an activating group) is 1. The van der Waals surface area contributed by atoms with Crippen molar-refractivity contribution in [3.8, 4) is 5.75 Å². The molecule has 0 aliphatic carbocycles. The Kier molecular flexibility index (Phi) is 4.01. The molecule has 1 heterocycles. The molecule has 19 heavy (non-hydrogen) atoms. The van der Waals surface area contributed by atoms with Crippen LogP contribution >= 0.6 is 27.7 Å². The highest BCUT2D eigenvalue weighted by atomic mass is 79.9. The van der Waals surface area contributed by atoms with E-state index in [4.69, 9.17) is 4.74 Å². The van der Waals surface area contributed by atoms with E-state index in [0.717, 1.165) is 38.0 Å². The van der Waals surface area contributed by atoms with Crippen molar-refractivity contribution in [2.45, 2.75) is 6.92 Å². The Morgan fingerprint density at radius 1 is 1.37 bits per heavy atom. The number of carbonyl (C=O) groups is 2. The lowest BCUT2D eigenvalue weighted by molar-refractivity contribution is -0.121. The van der Waals surface area contributed by atoms with Crippen molar-refractivity contribution in [1.82, 2.24) is 4.90 Å². The number of thioether (sulfide) groups is 1. The molecule has 0 radical (unpaired) electrons. The molecule has 0 aromatic heterocycles. The fourth-order valence-corrected chi connectivity index (χ4v) is 3.08. The van der Waals surface area contributed by atoms with Gasteiger partial charge in [-0.3, -0.25) is 14.5 Å². The number of rotatable bonds is 2. The fraction of sp³-hybridized carbons (Fsp3) is 0.231. The third-order valence-electron chi connectivity index (χ3n) is 2.79. The van der Waals surface area contributed by atoms with Crippen molar-refractivity contribution in [1.29, 1.82) is 0 Å². The van der Waals surface area contributed by atoms with Crippen molar-refractivity contribution in [2.24, 2.45) is 0 Å². The Morgan fingerprint density at radius 2 is 2.05 bits per heavy atom. The van der Waals surface area contributed by atoms with E-state index in [0.29, 0.717) is 4.91 Å². The molecule has 100 valence electrons. The predicted molar refractivity (Wildman–Crippen MR) is 79.2 cm³/mol. The van der Waals surface area contributed by atoms with E-state index in [1.54, 1.807) is 13.2 Å². The van der Waals surface area contributed by atoms with Gasteiger partial charge in [0.25, 0.3) is 11.1 Å². The van der Waals surface area contributed by atoms with Gasteiger partial charge in [0, 0.05) is 11.5 Å². The summed E-state index contributed by atoms with van der Waals surface area (Å²) in [7, 11) is 3.07. The average Bonchev–Trinajstić information content (AvgIpc) is 2.60. The number of methoxy groups -OCH3 is 1. The van der Waals surface area contributed by atoms with Crippen LogP contribution in [0.5, 0.6) is 5.75 Å². The van der Waals surface area contributed by atoms with E-state index >= 15 is 0 Å². The molecule has 1 aromatic carbocycles. The van der Waals surface area contributed by atoms with Crippen molar-refractivity contribution >= 4 is 44.9 Å². The number of hydrogen-bond acceptors (Lipinski definition) is 4. The number of aryl methyl sites for hydroxylation is 1. The van der Waals surface area contributed by atoms with E-state index in [1.807, 2.05) is 19.1 Å². The fourth-order valence-electron chi connectivity index (χ4n) is 1.69. The number of ether oxygens (including phenoxy) is 1. The first-order valence-corrected chi connectivity index (χ1v) is 7.10. The smallest absolute Gasteiger partial charge is 0.293 e. The molecule has 0 N–H and O–H groups in total. The van der Waals surface area contributed by atoms with Gasteiger partial charge in [0.15, 0.2) is 0 Å². The van der Waals surface area contributed by atoms with Crippen molar-refractivity contribution < 1.29 is 14.3 Å². The minimum Gasteiger partial charge on any atom is -0.496 e. The van der Waals surface area contributed by atoms with E-state index in [1.165, 1.54) is 7.05 Å². The van der Waals surface area contributed by atoms with Crippen LogP contribution in [0, 0.1) is 6.92 Å². The number of halogens is 1. The molecular weight excluding hydrogens is 330 g/mol. The quantitative estimate of drug-likeness (QED) is 0.773. The Morgan fingerprint density at radius 3 is 2.58 bits per heavy atom. The van der Waals surface area contributed by atoms with Crippen LogP contribution in [0.15, 0.2) is 21.5 Å². The monoisotopic (exact) mass is 341 g/mol. The topological polar surface area (TPSA) is 46.6 Å². The first-order valence-electron chi connectivity index (χ1n) is 5.49. The number of imide groups is 1. The maximum Gasteiger partial charge on any atom is 0.293 e. The highest BCUT2D eigenvalue weighted by molar-refractivity contribution is 9.10. The second-order valence-electron chi connectivity index (χ2n) is 4.08. The normalized spacial score (nSPS) is 17.5. The van der Waals surface area contributed by atoms with Gasteiger partial charge in [-0.1, -0.05) is 15.9 Å². The average molecular weight is 342 g/mol. The second kappa shape index (κ2) is 5.38. The van der Waals surface area contributed by atoms with Gasteiger partial charge in [-0.15, -0.1) is 0 Å². The molecule has 0 atom stereocenters. The molecule has 2 rings (SSSR count). The van der Waals surface area contributed by atoms with Crippen LogP contribution in [0.2, 0.25) is 0 Å². The highest BCUT2D eigenvalue weighted by Crippen LogP contribution is 2.34. The zero-order valence-corrected chi connectivity index (χ0v) is 13.1. The van der Waals surface area contributed by atoms with Crippen LogP contribution in [0.25, 0.3) is 6.08 Å². The van der Waals surface area contributed by atoms with Gasteiger partial charge < -0.3 is 4.74 Å². The zero-order chi connectivity index (χ0) is 14.2. The summed E-state index contributed by atoms with van der Waals surface area (Å²) in [5, 5.41) is -0.258. The molecule has 4 nitrogen and oxygen atoms in total. The van der Waals surface area contributed by atoms with Crippen LogP contribution < -0.4 is 4.74 Å². The van der Waals surface area contributed by atoms with E-state index in [2.05, 4.69) is 15.9 Å².